The number of aromatic nitrogens is 1. The Labute approximate surface area is 148 Å². The summed E-state index contributed by atoms with van der Waals surface area (Å²) in [5.41, 5.74) is 5.19. The van der Waals surface area contributed by atoms with Gasteiger partial charge in [-0.25, -0.2) is 9.36 Å². The largest absolute Gasteiger partial charge is 0.423 e. The third-order valence-corrected chi connectivity index (χ3v) is 4.69. The topological polar surface area (TPSA) is 34.1 Å². The van der Waals surface area contributed by atoms with Crippen molar-refractivity contribution in [2.75, 3.05) is 0 Å². The molecule has 0 amide bonds. The minimum Gasteiger partial charge on any atom is -0.423 e. The van der Waals surface area contributed by atoms with E-state index in [1.54, 1.807) is 6.07 Å². The van der Waals surface area contributed by atoms with Crippen molar-refractivity contribution >= 4 is 11.0 Å². The van der Waals surface area contributed by atoms with Crippen LogP contribution < -0.4 is 10.2 Å². The molecule has 1 aromatic carbocycles. The third kappa shape index (κ3) is 3.81. The molecule has 0 N–H and O–H groups in total. The smallest absolute Gasteiger partial charge is 0.336 e. The molecule has 0 spiro atoms. The Morgan fingerprint density at radius 3 is 2.48 bits per heavy atom. The minimum atomic E-state index is -0.289. The average molecular weight is 336 g/mol. The predicted molar refractivity (Wildman–Crippen MR) is 101 cm³/mol. The Bertz CT molecular complexity index is 937. The Morgan fingerprint density at radius 2 is 1.84 bits per heavy atom. The lowest BCUT2D eigenvalue weighted by Gasteiger charge is -2.12. The Balaban J connectivity index is 2.05. The van der Waals surface area contributed by atoms with Gasteiger partial charge in [0.05, 0.1) is 0 Å². The maximum absolute atomic E-state index is 12.0. The standard InChI is InChI=1S/C22H26NO2/c1-5-6-17-7-9-23(10-8-17)14-18-12-22(24)25-21-11-16(4)19(15(2)3)13-20(18)21/h7-13,15H,5-6,14H2,1-4H3/q+1. The van der Waals surface area contributed by atoms with E-state index in [0.29, 0.717) is 18.0 Å². The van der Waals surface area contributed by atoms with E-state index in [0.717, 1.165) is 23.8 Å². The zero-order chi connectivity index (χ0) is 18.0. The van der Waals surface area contributed by atoms with Gasteiger partial charge in [0.25, 0.3) is 0 Å². The summed E-state index contributed by atoms with van der Waals surface area (Å²) >= 11 is 0. The SMILES string of the molecule is CCCc1cc[n+](Cc2cc(=O)oc3cc(C)c(C(C)C)cc23)cc1. The first-order valence-corrected chi connectivity index (χ1v) is 9.03. The van der Waals surface area contributed by atoms with Crippen LogP contribution in [0.1, 0.15) is 55.4 Å². The molecule has 130 valence electrons. The van der Waals surface area contributed by atoms with Crippen molar-refractivity contribution in [1.29, 1.82) is 0 Å². The maximum Gasteiger partial charge on any atom is 0.336 e. The summed E-state index contributed by atoms with van der Waals surface area (Å²) in [7, 11) is 0. The molecule has 0 bridgehead atoms. The summed E-state index contributed by atoms with van der Waals surface area (Å²) in [5, 5.41) is 1.03. The zero-order valence-corrected chi connectivity index (χ0v) is 15.5. The van der Waals surface area contributed by atoms with Gasteiger partial charge in [-0.1, -0.05) is 27.2 Å². The van der Waals surface area contributed by atoms with Crippen LogP contribution in [0.4, 0.5) is 0 Å². The number of aryl methyl sites for hydroxylation is 2. The van der Waals surface area contributed by atoms with Crippen molar-refractivity contribution in [2.45, 2.75) is 53.0 Å². The van der Waals surface area contributed by atoms with Crippen molar-refractivity contribution in [3.05, 3.63) is 75.4 Å². The number of pyridine rings is 1. The molecule has 0 radical (unpaired) electrons. The average Bonchev–Trinajstić information content (AvgIpc) is 2.56. The molecule has 0 aliphatic heterocycles. The molecule has 0 saturated heterocycles. The number of fused-ring (bicyclic) bond motifs is 1. The van der Waals surface area contributed by atoms with Gasteiger partial charge in [-0.15, -0.1) is 0 Å². The minimum absolute atomic E-state index is 0.289. The van der Waals surface area contributed by atoms with Gasteiger partial charge in [-0.05, 0) is 48.1 Å². The molecule has 0 fully saturated rings. The Hall–Kier alpha value is -2.42. The molecule has 0 unspecified atom stereocenters. The quantitative estimate of drug-likeness (QED) is 0.507. The van der Waals surface area contributed by atoms with Gasteiger partial charge < -0.3 is 4.42 Å². The van der Waals surface area contributed by atoms with E-state index in [2.05, 4.69) is 62.9 Å². The molecule has 3 rings (SSSR count). The van der Waals surface area contributed by atoms with E-state index in [-0.39, 0.29) is 5.63 Å². The predicted octanol–water partition coefficient (Wildman–Crippen LogP) is 4.51. The third-order valence-electron chi connectivity index (χ3n) is 4.69. The van der Waals surface area contributed by atoms with E-state index in [9.17, 15) is 4.79 Å². The molecule has 3 nitrogen and oxygen atoms in total. The fourth-order valence-electron chi connectivity index (χ4n) is 3.39. The number of rotatable bonds is 5. The second-order valence-corrected chi connectivity index (χ2v) is 7.08. The van der Waals surface area contributed by atoms with Crippen LogP contribution in [-0.4, -0.2) is 0 Å². The van der Waals surface area contributed by atoms with Gasteiger partial charge in [0.1, 0.15) is 5.58 Å². The van der Waals surface area contributed by atoms with Crippen molar-refractivity contribution in [2.24, 2.45) is 0 Å². The fraction of sp³-hybridized carbons (Fsp3) is 0.364. The Morgan fingerprint density at radius 1 is 1.12 bits per heavy atom. The molecule has 0 aliphatic carbocycles. The van der Waals surface area contributed by atoms with Gasteiger partial charge in [-0.3, -0.25) is 0 Å². The van der Waals surface area contributed by atoms with Crippen LogP contribution in [0, 0.1) is 6.92 Å². The first-order valence-electron chi connectivity index (χ1n) is 9.03. The molecule has 0 aliphatic rings. The number of hydrogen-bond acceptors (Lipinski definition) is 2. The zero-order valence-electron chi connectivity index (χ0n) is 15.5. The van der Waals surface area contributed by atoms with Crippen molar-refractivity contribution in [3.63, 3.8) is 0 Å². The van der Waals surface area contributed by atoms with E-state index in [4.69, 9.17) is 4.42 Å². The van der Waals surface area contributed by atoms with Crippen LogP contribution in [0.5, 0.6) is 0 Å². The number of nitrogens with zero attached hydrogens (tertiary/aromatic N) is 1. The highest BCUT2D eigenvalue weighted by atomic mass is 16.4. The highest BCUT2D eigenvalue weighted by Gasteiger charge is 2.14. The molecule has 2 heterocycles. The second kappa shape index (κ2) is 7.22. The van der Waals surface area contributed by atoms with Gasteiger partial charge in [-0.2, -0.15) is 0 Å². The van der Waals surface area contributed by atoms with Crippen LogP contribution >= 0.6 is 0 Å². The Kier molecular flexibility index (Phi) is 5.03. The molecule has 25 heavy (non-hydrogen) atoms. The van der Waals surface area contributed by atoms with Crippen LogP contribution in [-0.2, 0) is 13.0 Å². The first kappa shape index (κ1) is 17.4. The highest BCUT2D eigenvalue weighted by Crippen LogP contribution is 2.26. The van der Waals surface area contributed by atoms with E-state index < -0.39 is 0 Å². The van der Waals surface area contributed by atoms with Crippen LogP contribution in [0.2, 0.25) is 0 Å². The lowest BCUT2D eigenvalue weighted by molar-refractivity contribution is -0.688. The van der Waals surface area contributed by atoms with Crippen LogP contribution in [0.25, 0.3) is 11.0 Å². The summed E-state index contributed by atoms with van der Waals surface area (Å²) in [6, 6.07) is 10.1. The van der Waals surface area contributed by atoms with E-state index in [1.165, 1.54) is 16.7 Å². The van der Waals surface area contributed by atoms with Gasteiger partial charge in [0.2, 0.25) is 0 Å². The monoisotopic (exact) mass is 336 g/mol. The summed E-state index contributed by atoms with van der Waals surface area (Å²) in [4.78, 5) is 12.0. The normalized spacial score (nSPS) is 11.4. The summed E-state index contributed by atoms with van der Waals surface area (Å²) in [6.45, 7) is 9.30. The molecule has 0 saturated carbocycles. The molecular formula is C22H26NO2+. The van der Waals surface area contributed by atoms with Crippen molar-refractivity contribution < 1.29 is 8.98 Å². The van der Waals surface area contributed by atoms with Crippen LogP contribution in [0.15, 0.2) is 51.9 Å². The highest BCUT2D eigenvalue weighted by molar-refractivity contribution is 5.82. The lowest BCUT2D eigenvalue weighted by Crippen LogP contribution is -2.33. The summed E-state index contributed by atoms with van der Waals surface area (Å²) in [6.07, 6.45) is 6.41. The van der Waals surface area contributed by atoms with Gasteiger partial charge in [0.15, 0.2) is 18.9 Å². The molecule has 3 aromatic rings. The second-order valence-electron chi connectivity index (χ2n) is 7.08. The van der Waals surface area contributed by atoms with E-state index >= 15 is 0 Å². The first-order chi connectivity index (χ1) is 12.0. The van der Waals surface area contributed by atoms with E-state index in [1.807, 2.05) is 6.07 Å². The van der Waals surface area contributed by atoms with Gasteiger partial charge in [0, 0.05) is 29.1 Å². The number of hydrogen-bond donors (Lipinski definition) is 0. The van der Waals surface area contributed by atoms with Crippen molar-refractivity contribution in [1.82, 2.24) is 0 Å². The lowest BCUT2D eigenvalue weighted by atomic mass is 9.95. The molecule has 0 atom stereocenters. The number of benzene rings is 1. The molecule has 3 heteroatoms. The molecular weight excluding hydrogens is 310 g/mol. The van der Waals surface area contributed by atoms with Crippen molar-refractivity contribution in [3.8, 4) is 0 Å². The van der Waals surface area contributed by atoms with Gasteiger partial charge >= 0.3 is 5.63 Å². The fourth-order valence-corrected chi connectivity index (χ4v) is 3.39. The summed E-state index contributed by atoms with van der Waals surface area (Å²) < 4.78 is 7.56. The molecule has 2 aromatic heterocycles. The summed E-state index contributed by atoms with van der Waals surface area (Å²) in [5.74, 6) is 0.435. The van der Waals surface area contributed by atoms with Crippen LogP contribution in [0.3, 0.4) is 0 Å². The maximum atomic E-state index is 12.0.